The Morgan fingerprint density at radius 3 is 2.84 bits per heavy atom. The van der Waals surface area contributed by atoms with Crippen LogP contribution < -0.4 is 15.4 Å². The number of aliphatic imine (C=N–C) groups is 1. The Bertz CT molecular complexity index is 914. The fourth-order valence-corrected chi connectivity index (χ4v) is 4.62. The van der Waals surface area contributed by atoms with Gasteiger partial charge in [-0.3, -0.25) is 0 Å². The van der Waals surface area contributed by atoms with Crippen molar-refractivity contribution in [1.82, 2.24) is 10.6 Å². The molecule has 2 heterocycles. The molecule has 2 aliphatic heterocycles. The zero-order valence-corrected chi connectivity index (χ0v) is 22.9. The Hall–Kier alpha value is -2.45. The SMILES string of the molecule is CCCCC1C=C[C-](CCc2ccc(O)c(OCCC3=C[C+](C(C)C(CNC)NCC(C)O)C=N3)c2)[OH+]1. The highest BCUT2D eigenvalue weighted by Gasteiger charge is 2.33. The van der Waals surface area contributed by atoms with Gasteiger partial charge in [0.05, 0.1) is 24.5 Å². The molecule has 0 saturated heterocycles. The number of aliphatic hydroxyl groups excluding tert-OH is 1. The predicted octanol–water partition coefficient (Wildman–Crippen LogP) is 4.02. The normalized spacial score (nSPS) is 19.4. The number of phenolic OH excluding ortho intramolecular Hbond substituents is 1. The van der Waals surface area contributed by atoms with Crippen LogP contribution in [-0.2, 0) is 6.42 Å². The van der Waals surface area contributed by atoms with E-state index in [9.17, 15) is 10.2 Å². The average Bonchev–Trinajstić information content (AvgIpc) is 3.55. The van der Waals surface area contributed by atoms with E-state index in [1.54, 1.807) is 13.0 Å². The summed E-state index contributed by atoms with van der Waals surface area (Å²) in [7, 11) is 1.93. The van der Waals surface area contributed by atoms with Crippen LogP contribution in [0.4, 0.5) is 0 Å². The molecule has 5 N–H and O–H groups in total. The summed E-state index contributed by atoms with van der Waals surface area (Å²) in [4.78, 5) is 4.58. The number of hydrogen-bond acceptors (Lipinski definition) is 6. The molecule has 1 aromatic carbocycles. The van der Waals surface area contributed by atoms with Gasteiger partial charge in [-0.1, -0.05) is 19.4 Å². The maximum absolute atomic E-state index is 10.3. The maximum Gasteiger partial charge on any atom is 0.178 e. The van der Waals surface area contributed by atoms with Gasteiger partial charge >= 0.3 is 0 Å². The van der Waals surface area contributed by atoms with Gasteiger partial charge < -0.3 is 30.3 Å². The van der Waals surface area contributed by atoms with Crippen LogP contribution in [-0.4, -0.2) is 66.2 Å². The average molecular weight is 513 g/mol. The van der Waals surface area contributed by atoms with Crippen molar-refractivity contribution in [3.8, 4) is 11.5 Å². The lowest BCUT2D eigenvalue weighted by atomic mass is 9.88. The molecule has 0 fully saturated rings. The van der Waals surface area contributed by atoms with Gasteiger partial charge in [0, 0.05) is 25.6 Å². The fraction of sp³-hybridized carbons (Fsp3) is 0.567. The van der Waals surface area contributed by atoms with Gasteiger partial charge in [-0.25, -0.2) is 0 Å². The van der Waals surface area contributed by atoms with Gasteiger partial charge in [0.1, 0.15) is 30.9 Å². The van der Waals surface area contributed by atoms with Crippen LogP contribution in [0.3, 0.4) is 0 Å². The van der Waals surface area contributed by atoms with E-state index < -0.39 is 0 Å². The lowest BCUT2D eigenvalue weighted by Gasteiger charge is -2.24. The molecule has 0 bridgehead atoms. The molecule has 2 aliphatic rings. The Kier molecular flexibility index (Phi) is 11.9. The van der Waals surface area contributed by atoms with E-state index in [0.29, 0.717) is 31.4 Å². The molecule has 4 unspecified atom stereocenters. The molecule has 37 heavy (non-hydrogen) atoms. The number of allylic oxidation sites excluding steroid dienone is 1. The summed E-state index contributed by atoms with van der Waals surface area (Å²) in [6.07, 6.45) is 15.5. The standard InChI is InChI=1S/C30H45N3O4/c1-5-6-7-26-11-12-27(37-26)10-8-23-9-13-29(35)30(16-23)36-15-14-25-17-24(19-32-25)22(3)28(20-31-4)33-18-21(2)34/h9,11-13,16-17,19,21-22,26,28,31,33-34,37H,5-8,10,14-15,18,20H2,1-4H3/p+1. The predicted molar refractivity (Wildman–Crippen MR) is 151 cm³/mol. The summed E-state index contributed by atoms with van der Waals surface area (Å²) in [5.74, 6) is 2.08. The molecule has 0 amide bonds. The van der Waals surface area contributed by atoms with E-state index in [1.807, 2.05) is 25.4 Å². The number of hydrogen-bond donors (Lipinski definition) is 4. The van der Waals surface area contributed by atoms with Crippen LogP contribution >= 0.6 is 0 Å². The number of rotatable bonds is 17. The van der Waals surface area contributed by atoms with Crippen LogP contribution in [0.25, 0.3) is 0 Å². The molecule has 7 heteroatoms. The van der Waals surface area contributed by atoms with Crippen LogP contribution in [0, 0.1) is 17.9 Å². The summed E-state index contributed by atoms with van der Waals surface area (Å²) < 4.78 is 10.8. The smallest absolute Gasteiger partial charge is 0.178 e. The molecule has 204 valence electrons. The number of aryl methyl sites for hydroxylation is 1. The van der Waals surface area contributed by atoms with Crippen LogP contribution in [0.1, 0.15) is 58.4 Å². The van der Waals surface area contributed by atoms with Gasteiger partial charge in [0.2, 0.25) is 0 Å². The van der Waals surface area contributed by atoms with E-state index in [2.05, 4.69) is 47.7 Å². The Labute approximate surface area is 223 Å². The number of nitrogens with one attached hydrogen (secondary N) is 2. The topological polar surface area (TPSA) is 98.9 Å². The minimum Gasteiger partial charge on any atom is -0.504 e. The third kappa shape index (κ3) is 9.42. The van der Waals surface area contributed by atoms with E-state index in [4.69, 9.17) is 9.47 Å². The number of aromatic hydroxyl groups is 1. The third-order valence-electron chi connectivity index (χ3n) is 6.95. The molecule has 4 atom stereocenters. The van der Waals surface area contributed by atoms with Crippen molar-refractivity contribution in [2.45, 2.75) is 77.5 Å². The van der Waals surface area contributed by atoms with Crippen LogP contribution in [0.5, 0.6) is 11.5 Å². The molecule has 1 aromatic rings. The number of likely N-dealkylation sites (N-methyl/N-ethyl adjacent to an activating group) is 1. The molecule has 0 aromatic heterocycles. The highest BCUT2D eigenvalue weighted by atomic mass is 16.5. The molecular weight excluding hydrogens is 466 g/mol. The second-order valence-corrected chi connectivity index (χ2v) is 10.2. The van der Waals surface area contributed by atoms with Gasteiger partial charge in [0.15, 0.2) is 17.2 Å². The lowest BCUT2D eigenvalue weighted by Crippen LogP contribution is -2.46. The summed E-state index contributed by atoms with van der Waals surface area (Å²) in [5.41, 5.74) is 2.10. The largest absolute Gasteiger partial charge is 0.504 e. The Balaban J connectivity index is 1.45. The molecule has 0 aliphatic carbocycles. The Morgan fingerprint density at radius 1 is 1.24 bits per heavy atom. The molecule has 0 spiro atoms. The maximum atomic E-state index is 10.3. The number of phenols is 1. The van der Waals surface area contributed by atoms with Gasteiger partial charge in [-0.05, 0) is 57.9 Å². The number of aliphatic hydroxyl groups is 3. The van der Waals surface area contributed by atoms with E-state index in [0.717, 1.165) is 43.2 Å². The first-order chi connectivity index (χ1) is 17.9. The van der Waals surface area contributed by atoms with Crippen molar-refractivity contribution in [1.29, 1.82) is 0 Å². The summed E-state index contributed by atoms with van der Waals surface area (Å²) >= 11 is 0. The summed E-state index contributed by atoms with van der Waals surface area (Å²) in [6.45, 7) is 7.97. The van der Waals surface area contributed by atoms with Crippen molar-refractivity contribution in [3.05, 3.63) is 59.7 Å². The first-order valence-corrected chi connectivity index (χ1v) is 13.8. The number of ether oxygens (including phenoxy) is 2. The van der Waals surface area contributed by atoms with Gasteiger partial charge in [-0.2, -0.15) is 0 Å². The number of unbranched alkanes of at least 4 members (excludes halogenated alkanes) is 1. The molecule has 0 saturated carbocycles. The summed E-state index contributed by atoms with van der Waals surface area (Å²) in [5, 5.41) is 26.6. The highest BCUT2D eigenvalue weighted by molar-refractivity contribution is 5.83. The van der Waals surface area contributed by atoms with Gasteiger partial charge in [-0.15, -0.1) is 17.1 Å². The van der Waals surface area contributed by atoms with Crippen molar-refractivity contribution in [3.63, 3.8) is 0 Å². The first-order valence-electron chi connectivity index (χ1n) is 13.8. The highest BCUT2D eigenvalue weighted by Crippen LogP contribution is 2.30. The third-order valence-corrected chi connectivity index (χ3v) is 6.95. The quantitative estimate of drug-likeness (QED) is 0.187. The van der Waals surface area contributed by atoms with Crippen molar-refractivity contribution < 1.29 is 19.7 Å². The number of benzene rings is 1. The van der Waals surface area contributed by atoms with Crippen LogP contribution in [0.2, 0.25) is 0 Å². The second-order valence-electron chi connectivity index (χ2n) is 10.2. The monoisotopic (exact) mass is 512 g/mol. The zero-order valence-electron chi connectivity index (χ0n) is 22.9. The lowest BCUT2D eigenvalue weighted by molar-refractivity contribution is -0.0480. The van der Waals surface area contributed by atoms with E-state index in [-0.39, 0.29) is 23.8 Å². The molecule has 7 nitrogen and oxygen atoms in total. The van der Waals surface area contributed by atoms with E-state index in [1.165, 1.54) is 18.8 Å². The fourth-order valence-electron chi connectivity index (χ4n) is 4.62. The zero-order chi connectivity index (χ0) is 26.6. The minimum absolute atomic E-state index is 0.158. The number of nitrogens with zero attached hydrogens (tertiary/aromatic N) is 1. The van der Waals surface area contributed by atoms with Crippen molar-refractivity contribution >= 4 is 6.21 Å². The minimum atomic E-state index is -0.386. The van der Waals surface area contributed by atoms with Gasteiger partial charge in [0.25, 0.3) is 0 Å². The first kappa shape index (κ1) is 29.1. The van der Waals surface area contributed by atoms with Crippen LogP contribution in [0.15, 0.2) is 47.1 Å². The second kappa shape index (κ2) is 15.1. The Morgan fingerprint density at radius 2 is 2.08 bits per heavy atom. The summed E-state index contributed by atoms with van der Waals surface area (Å²) in [6, 6.07) is 5.80. The van der Waals surface area contributed by atoms with E-state index >= 15 is 0 Å². The molecular formula is C30H46N3O4+. The molecule has 0 radical (unpaired) electrons. The van der Waals surface area contributed by atoms with Crippen molar-refractivity contribution in [2.24, 2.45) is 10.9 Å². The van der Waals surface area contributed by atoms with Crippen molar-refractivity contribution in [2.75, 3.05) is 26.7 Å². The molecule has 3 rings (SSSR count).